The summed E-state index contributed by atoms with van der Waals surface area (Å²) < 4.78 is 5.94. The molecule has 0 saturated heterocycles. The van der Waals surface area contributed by atoms with Gasteiger partial charge < -0.3 is 27.7 Å². The summed E-state index contributed by atoms with van der Waals surface area (Å²) in [7, 11) is 0. The molecule has 0 aromatic carbocycles. The molecule has 0 heterocycles. The maximum atomic E-state index is 6.37. The molecule has 0 radical (unpaired) electrons. The molecule has 0 amide bonds. The predicted molar refractivity (Wildman–Crippen MR) is 92.2 cm³/mol. The molecule has 4 atom stereocenters. The van der Waals surface area contributed by atoms with Crippen molar-refractivity contribution in [2.45, 2.75) is 36.1 Å². The highest BCUT2D eigenvalue weighted by molar-refractivity contribution is 5.33. The Morgan fingerprint density at radius 1 is 0.913 bits per heavy atom. The Balaban J connectivity index is 2.21. The van der Waals surface area contributed by atoms with Crippen molar-refractivity contribution in [3.63, 3.8) is 0 Å². The van der Waals surface area contributed by atoms with E-state index in [1.54, 1.807) is 36.5 Å². The monoisotopic (exact) mass is 310 g/mol. The van der Waals surface area contributed by atoms with E-state index in [1.807, 2.05) is 0 Å². The molecule has 2 aliphatic rings. The van der Waals surface area contributed by atoms with Gasteiger partial charge in [-0.1, -0.05) is 36.1 Å². The molecule has 5 heteroatoms. The maximum Gasteiger partial charge on any atom is 0.141 e. The van der Waals surface area contributed by atoms with Crippen LogP contribution in [-0.2, 0) is 4.74 Å². The van der Waals surface area contributed by atoms with Crippen LogP contribution in [0.1, 0.15) is 12.8 Å². The highest BCUT2D eigenvalue weighted by Gasteiger charge is 2.41. The van der Waals surface area contributed by atoms with E-state index in [-0.39, 0.29) is 0 Å². The second kappa shape index (κ2) is 6.36. The predicted octanol–water partition coefficient (Wildman–Crippen LogP) is 0.00660. The van der Waals surface area contributed by atoms with Gasteiger partial charge in [-0.25, -0.2) is 0 Å². The van der Waals surface area contributed by atoms with Crippen LogP contribution in [0.25, 0.3) is 0 Å². The SMILES string of the molecule is C#CC(OC(C#C)C1(N)C=CC=C(N)C1)C1(N)C=CC=C(N)C1. The fraction of sp³-hybridized carbons (Fsp3) is 0.333. The van der Waals surface area contributed by atoms with Gasteiger partial charge in [-0.15, -0.1) is 12.8 Å². The molecule has 0 fully saturated rings. The number of hydrogen-bond acceptors (Lipinski definition) is 5. The van der Waals surface area contributed by atoms with Crippen LogP contribution in [0.3, 0.4) is 0 Å². The Morgan fingerprint density at radius 2 is 1.30 bits per heavy atom. The molecule has 2 aliphatic carbocycles. The van der Waals surface area contributed by atoms with Crippen LogP contribution in [0.5, 0.6) is 0 Å². The molecule has 23 heavy (non-hydrogen) atoms. The van der Waals surface area contributed by atoms with Gasteiger partial charge in [0.25, 0.3) is 0 Å². The summed E-state index contributed by atoms with van der Waals surface area (Å²) in [4.78, 5) is 0. The summed E-state index contributed by atoms with van der Waals surface area (Å²) in [5.41, 5.74) is 23.8. The zero-order valence-electron chi connectivity index (χ0n) is 12.9. The van der Waals surface area contributed by atoms with Crippen LogP contribution >= 0.6 is 0 Å². The van der Waals surface area contributed by atoms with Gasteiger partial charge in [-0.3, -0.25) is 0 Å². The normalized spacial score (nSPS) is 32.2. The van der Waals surface area contributed by atoms with Gasteiger partial charge in [0.05, 0.1) is 11.1 Å². The first-order chi connectivity index (χ1) is 10.8. The van der Waals surface area contributed by atoms with Crippen molar-refractivity contribution in [3.05, 3.63) is 47.9 Å². The fourth-order valence-electron chi connectivity index (χ4n) is 2.78. The molecule has 0 saturated carbocycles. The third kappa shape index (κ3) is 3.49. The van der Waals surface area contributed by atoms with Gasteiger partial charge in [-0.2, -0.15) is 0 Å². The number of terminal acetylenes is 2. The molecule has 0 aromatic rings. The highest BCUT2D eigenvalue weighted by atomic mass is 16.5. The number of ether oxygens (including phenoxy) is 1. The van der Waals surface area contributed by atoms with E-state index in [0.29, 0.717) is 24.2 Å². The van der Waals surface area contributed by atoms with Crippen LogP contribution in [0.15, 0.2) is 47.9 Å². The van der Waals surface area contributed by atoms with Crippen LogP contribution in [0.4, 0.5) is 0 Å². The average molecular weight is 310 g/mol. The first-order valence-electron chi connectivity index (χ1n) is 7.26. The van der Waals surface area contributed by atoms with Crippen LogP contribution in [-0.4, -0.2) is 23.3 Å². The van der Waals surface area contributed by atoms with Gasteiger partial charge in [0.1, 0.15) is 12.2 Å². The molecule has 8 N–H and O–H groups in total. The quantitative estimate of drug-likeness (QED) is 0.546. The number of rotatable bonds is 4. The first-order valence-corrected chi connectivity index (χ1v) is 7.26. The van der Waals surface area contributed by atoms with Crippen molar-refractivity contribution in [1.29, 1.82) is 0 Å². The summed E-state index contributed by atoms with van der Waals surface area (Å²) in [6, 6.07) is 0. The van der Waals surface area contributed by atoms with Gasteiger partial charge in [0.15, 0.2) is 0 Å². The summed E-state index contributed by atoms with van der Waals surface area (Å²) in [5.74, 6) is 5.13. The summed E-state index contributed by atoms with van der Waals surface area (Å²) in [5, 5.41) is 0. The molecular formula is C18H22N4O. The molecule has 0 aliphatic heterocycles. The molecule has 2 rings (SSSR count). The van der Waals surface area contributed by atoms with Crippen LogP contribution < -0.4 is 22.9 Å². The largest absolute Gasteiger partial charge is 0.402 e. The average Bonchev–Trinajstić information content (AvgIpc) is 2.47. The van der Waals surface area contributed by atoms with Crippen LogP contribution in [0, 0.1) is 24.7 Å². The van der Waals surface area contributed by atoms with E-state index in [4.69, 9.17) is 40.5 Å². The lowest BCUT2D eigenvalue weighted by molar-refractivity contribution is -0.00828. The highest BCUT2D eigenvalue weighted by Crippen LogP contribution is 2.29. The second-order valence-electron chi connectivity index (χ2n) is 6.01. The van der Waals surface area contributed by atoms with E-state index in [2.05, 4.69) is 11.8 Å². The van der Waals surface area contributed by atoms with Crippen molar-refractivity contribution in [1.82, 2.24) is 0 Å². The molecular weight excluding hydrogens is 288 g/mol. The van der Waals surface area contributed by atoms with Crippen molar-refractivity contribution in [2.75, 3.05) is 0 Å². The number of nitrogens with two attached hydrogens (primary N) is 4. The Kier molecular flexibility index (Phi) is 4.68. The van der Waals surface area contributed by atoms with E-state index in [9.17, 15) is 0 Å². The molecule has 120 valence electrons. The second-order valence-corrected chi connectivity index (χ2v) is 6.01. The van der Waals surface area contributed by atoms with E-state index < -0.39 is 23.3 Å². The van der Waals surface area contributed by atoms with E-state index in [1.165, 1.54) is 0 Å². The van der Waals surface area contributed by atoms with Crippen LogP contribution in [0.2, 0.25) is 0 Å². The first kappa shape index (κ1) is 16.9. The molecule has 0 bridgehead atoms. The summed E-state index contributed by atoms with van der Waals surface area (Å²) in [6.45, 7) is 0. The standard InChI is InChI=1S/C18H22N4O/c1-3-15(17(21)9-5-7-13(19)11-17)23-16(4-2)18(22)10-6-8-14(20)12-18/h1-2,5-10,15-16H,11-12,19-22H2. The zero-order chi connectivity index (χ0) is 17.1. The fourth-order valence-corrected chi connectivity index (χ4v) is 2.78. The third-order valence-corrected chi connectivity index (χ3v) is 4.01. The maximum absolute atomic E-state index is 6.37. The summed E-state index contributed by atoms with van der Waals surface area (Å²) in [6.07, 6.45) is 21.1. The Morgan fingerprint density at radius 3 is 1.61 bits per heavy atom. The topological polar surface area (TPSA) is 113 Å². The minimum Gasteiger partial charge on any atom is -0.402 e. The van der Waals surface area contributed by atoms with Crippen molar-refractivity contribution in [3.8, 4) is 24.7 Å². The van der Waals surface area contributed by atoms with Crippen molar-refractivity contribution >= 4 is 0 Å². The Labute approximate surface area is 137 Å². The molecule has 5 nitrogen and oxygen atoms in total. The number of hydrogen-bond donors (Lipinski definition) is 4. The third-order valence-electron chi connectivity index (χ3n) is 4.01. The van der Waals surface area contributed by atoms with Crippen molar-refractivity contribution in [2.24, 2.45) is 22.9 Å². The minimum absolute atomic E-state index is 0.380. The Hall–Kier alpha value is -2.44. The zero-order valence-corrected chi connectivity index (χ0v) is 12.9. The van der Waals surface area contributed by atoms with Crippen molar-refractivity contribution < 1.29 is 4.74 Å². The van der Waals surface area contributed by atoms with Gasteiger partial charge in [-0.05, 0) is 12.2 Å². The molecule has 0 aromatic heterocycles. The van der Waals surface area contributed by atoms with E-state index in [0.717, 1.165) is 0 Å². The smallest absolute Gasteiger partial charge is 0.141 e. The van der Waals surface area contributed by atoms with Gasteiger partial charge in [0.2, 0.25) is 0 Å². The minimum atomic E-state index is -0.932. The van der Waals surface area contributed by atoms with E-state index >= 15 is 0 Å². The lowest BCUT2D eigenvalue weighted by atomic mass is 9.83. The van der Waals surface area contributed by atoms with Gasteiger partial charge in [0, 0.05) is 24.2 Å². The Bertz CT molecular complexity index is 618. The van der Waals surface area contributed by atoms with Gasteiger partial charge >= 0.3 is 0 Å². The lowest BCUT2D eigenvalue weighted by Crippen LogP contribution is -2.57. The molecule has 0 spiro atoms. The number of allylic oxidation sites excluding steroid dienone is 4. The lowest BCUT2D eigenvalue weighted by Gasteiger charge is -2.39. The summed E-state index contributed by atoms with van der Waals surface area (Å²) >= 11 is 0. The molecule has 4 unspecified atom stereocenters.